The maximum Gasteiger partial charge on any atom is 0.305 e. The summed E-state index contributed by atoms with van der Waals surface area (Å²) in [5.74, 6) is -1.67. The van der Waals surface area contributed by atoms with Gasteiger partial charge in [0.25, 0.3) is 5.91 Å². The number of nitrogens with one attached hydrogen (secondary N) is 1. The van der Waals surface area contributed by atoms with Crippen LogP contribution in [0, 0.1) is 5.92 Å². The second-order valence-corrected chi connectivity index (χ2v) is 8.00. The van der Waals surface area contributed by atoms with Crippen LogP contribution in [0.2, 0.25) is 0 Å². The van der Waals surface area contributed by atoms with Crippen molar-refractivity contribution in [3.8, 4) is 0 Å². The quantitative estimate of drug-likeness (QED) is 0.715. The first kappa shape index (κ1) is 17.6. The predicted molar refractivity (Wildman–Crippen MR) is 78.7 cm³/mol. The minimum Gasteiger partial charge on any atom is -0.481 e. The zero-order chi connectivity index (χ0) is 16.4. The largest absolute Gasteiger partial charge is 0.481 e. The van der Waals surface area contributed by atoms with Crippen molar-refractivity contribution in [2.75, 3.05) is 0 Å². The van der Waals surface area contributed by atoms with Crippen LogP contribution >= 0.6 is 11.3 Å². The molecular weight excluding hydrogens is 316 g/mol. The Morgan fingerprint density at radius 2 is 2.05 bits per heavy atom. The Labute approximate surface area is 127 Å². The molecule has 0 bridgehead atoms. The molecule has 0 spiro atoms. The molecule has 0 saturated carbocycles. The molecule has 1 amide bonds. The van der Waals surface area contributed by atoms with Gasteiger partial charge in [-0.2, -0.15) is 0 Å². The van der Waals surface area contributed by atoms with E-state index in [9.17, 15) is 18.0 Å². The Morgan fingerprint density at radius 3 is 2.43 bits per heavy atom. The lowest BCUT2D eigenvalue weighted by Crippen LogP contribution is -2.51. The van der Waals surface area contributed by atoms with Crippen LogP contribution in [-0.2, 0) is 14.8 Å². The van der Waals surface area contributed by atoms with Crippen LogP contribution in [-0.4, -0.2) is 30.9 Å². The molecule has 1 atom stereocenters. The third-order valence-electron chi connectivity index (χ3n) is 3.31. The molecule has 4 N–H and O–H groups in total. The summed E-state index contributed by atoms with van der Waals surface area (Å²) in [4.78, 5) is 23.1. The summed E-state index contributed by atoms with van der Waals surface area (Å²) >= 11 is 0.843. The maximum absolute atomic E-state index is 12.2. The maximum atomic E-state index is 12.2. The van der Waals surface area contributed by atoms with Crippen molar-refractivity contribution in [2.45, 2.75) is 36.9 Å². The van der Waals surface area contributed by atoms with Gasteiger partial charge in [0.05, 0.1) is 17.5 Å². The highest BCUT2D eigenvalue weighted by Crippen LogP contribution is 2.23. The van der Waals surface area contributed by atoms with Crippen molar-refractivity contribution < 1.29 is 23.1 Å². The Morgan fingerprint density at radius 1 is 1.48 bits per heavy atom. The second-order valence-electron chi connectivity index (χ2n) is 5.30. The fraction of sp³-hybridized carbons (Fsp3) is 0.500. The molecule has 9 heteroatoms. The molecule has 1 aromatic heterocycles. The zero-order valence-electron chi connectivity index (χ0n) is 11.9. The summed E-state index contributed by atoms with van der Waals surface area (Å²) in [5, 5.41) is 18.0. The van der Waals surface area contributed by atoms with Crippen molar-refractivity contribution in [1.82, 2.24) is 5.32 Å². The van der Waals surface area contributed by atoms with Gasteiger partial charge in [0.1, 0.15) is 4.21 Å². The van der Waals surface area contributed by atoms with E-state index in [1.807, 2.05) is 0 Å². The van der Waals surface area contributed by atoms with E-state index in [0.717, 1.165) is 11.3 Å². The number of hydrogen-bond acceptors (Lipinski definition) is 5. The first-order valence-electron chi connectivity index (χ1n) is 6.11. The van der Waals surface area contributed by atoms with E-state index in [-0.39, 0.29) is 22.1 Å². The average molecular weight is 334 g/mol. The van der Waals surface area contributed by atoms with E-state index in [2.05, 4.69) is 5.32 Å². The van der Waals surface area contributed by atoms with Crippen molar-refractivity contribution in [3.05, 3.63) is 17.0 Å². The third kappa shape index (κ3) is 4.51. The fourth-order valence-corrected chi connectivity index (χ4v) is 3.21. The summed E-state index contributed by atoms with van der Waals surface area (Å²) in [6, 6.07) is 1.18. The Hall–Kier alpha value is -1.45. The average Bonchev–Trinajstić information content (AvgIpc) is 2.75. The number of carboxylic acids is 1. The molecule has 1 unspecified atom stereocenters. The van der Waals surface area contributed by atoms with Crippen molar-refractivity contribution in [3.63, 3.8) is 0 Å². The summed E-state index contributed by atoms with van der Waals surface area (Å²) in [7, 11) is -3.85. The van der Waals surface area contributed by atoms with Gasteiger partial charge < -0.3 is 10.4 Å². The Balaban J connectivity index is 2.98. The first-order valence-corrected chi connectivity index (χ1v) is 8.54. The molecule has 1 heterocycles. The van der Waals surface area contributed by atoms with Crippen molar-refractivity contribution >= 4 is 33.2 Å². The summed E-state index contributed by atoms with van der Waals surface area (Å²) in [6.07, 6.45) is -0.234. The molecule has 21 heavy (non-hydrogen) atoms. The molecule has 0 aromatic carbocycles. The first-order chi connectivity index (χ1) is 9.45. The number of rotatable bonds is 6. The highest BCUT2D eigenvalue weighted by Gasteiger charge is 2.33. The number of carbonyl (C=O) groups is 2. The lowest BCUT2D eigenvalue weighted by atomic mass is 9.85. The van der Waals surface area contributed by atoms with Gasteiger partial charge in [-0.15, -0.1) is 11.3 Å². The molecule has 0 aliphatic heterocycles. The van der Waals surface area contributed by atoms with Gasteiger partial charge in [0, 0.05) is 5.38 Å². The van der Waals surface area contributed by atoms with E-state index in [1.165, 1.54) is 11.4 Å². The number of thiophene rings is 1. The minimum atomic E-state index is -3.85. The number of aliphatic carboxylic acids is 1. The predicted octanol–water partition coefficient (Wildman–Crippen LogP) is 1.01. The second kappa shape index (κ2) is 6.12. The molecule has 118 valence electrons. The number of primary sulfonamides is 1. The molecular formula is C12H18N2O5S2. The lowest BCUT2D eigenvalue weighted by Gasteiger charge is -2.33. The molecule has 0 aliphatic carbocycles. The van der Waals surface area contributed by atoms with Crippen LogP contribution in [0.4, 0.5) is 0 Å². The number of sulfonamides is 1. The van der Waals surface area contributed by atoms with Gasteiger partial charge in [-0.05, 0) is 18.9 Å². The molecule has 0 fully saturated rings. The van der Waals surface area contributed by atoms with E-state index < -0.39 is 27.4 Å². The fourth-order valence-electron chi connectivity index (χ4n) is 1.62. The lowest BCUT2D eigenvalue weighted by molar-refractivity contribution is -0.138. The number of carboxylic acid groups (broad SMARTS) is 1. The Kier molecular flexibility index (Phi) is 5.13. The Bertz CT molecular complexity index is 650. The third-order valence-corrected chi connectivity index (χ3v) is 5.70. The van der Waals surface area contributed by atoms with Crippen LogP contribution in [0.25, 0.3) is 0 Å². The topological polar surface area (TPSA) is 127 Å². The standard InChI is InChI=1S/C12H18N2O5S2/c1-7(2)12(3,5-9(15)16)14-11(17)8-4-10(20-6-8)21(13,18)19/h4,6-7H,5H2,1-3H3,(H,14,17)(H,15,16)(H2,13,18,19). The normalized spacial score (nSPS) is 14.7. The smallest absolute Gasteiger partial charge is 0.305 e. The van der Waals surface area contributed by atoms with E-state index in [4.69, 9.17) is 10.2 Å². The van der Waals surface area contributed by atoms with Crippen molar-refractivity contribution in [2.24, 2.45) is 11.1 Å². The molecule has 0 radical (unpaired) electrons. The van der Waals surface area contributed by atoms with Crippen LogP contribution in [0.1, 0.15) is 37.6 Å². The molecule has 1 aromatic rings. The van der Waals surface area contributed by atoms with E-state index in [0.29, 0.717) is 0 Å². The van der Waals surface area contributed by atoms with Gasteiger partial charge in [0.15, 0.2) is 0 Å². The molecule has 0 saturated heterocycles. The summed E-state index contributed by atoms with van der Waals surface area (Å²) < 4.78 is 22.3. The van der Waals surface area contributed by atoms with Gasteiger partial charge in [-0.1, -0.05) is 13.8 Å². The van der Waals surface area contributed by atoms with Gasteiger partial charge >= 0.3 is 5.97 Å². The molecule has 7 nitrogen and oxygen atoms in total. The molecule has 0 aliphatic rings. The van der Waals surface area contributed by atoms with Crippen LogP contribution in [0.5, 0.6) is 0 Å². The van der Waals surface area contributed by atoms with Crippen LogP contribution < -0.4 is 10.5 Å². The SMILES string of the molecule is CC(C)C(C)(CC(=O)O)NC(=O)c1csc(S(N)(=O)=O)c1. The monoisotopic (exact) mass is 334 g/mol. The van der Waals surface area contributed by atoms with Gasteiger partial charge in [-0.3, -0.25) is 9.59 Å². The zero-order valence-corrected chi connectivity index (χ0v) is 13.5. The highest BCUT2D eigenvalue weighted by atomic mass is 32.2. The van der Waals surface area contributed by atoms with Crippen LogP contribution in [0.15, 0.2) is 15.7 Å². The molecule has 1 rings (SSSR count). The van der Waals surface area contributed by atoms with Crippen LogP contribution in [0.3, 0.4) is 0 Å². The van der Waals surface area contributed by atoms with E-state index in [1.54, 1.807) is 20.8 Å². The number of carbonyl (C=O) groups excluding carboxylic acids is 1. The van der Waals surface area contributed by atoms with Gasteiger partial charge in [-0.25, -0.2) is 13.6 Å². The number of nitrogens with two attached hydrogens (primary N) is 1. The number of amides is 1. The van der Waals surface area contributed by atoms with E-state index >= 15 is 0 Å². The number of hydrogen-bond donors (Lipinski definition) is 3. The summed E-state index contributed by atoms with van der Waals surface area (Å²) in [6.45, 7) is 5.23. The van der Waals surface area contributed by atoms with Crippen molar-refractivity contribution in [1.29, 1.82) is 0 Å². The highest BCUT2D eigenvalue weighted by molar-refractivity contribution is 7.91. The minimum absolute atomic E-state index is 0.114. The summed E-state index contributed by atoms with van der Waals surface area (Å²) in [5.41, 5.74) is -0.798. The van der Waals surface area contributed by atoms with Gasteiger partial charge in [0.2, 0.25) is 10.0 Å².